The standard InChI is InChI=1S/C12H22N2O2/c1-7(13-10(4)12(5,6)15)11-8(2)14-16-9(11)3/h7,10,13,15H,1-6H3. The third-order valence-electron chi connectivity index (χ3n) is 3.08. The zero-order valence-electron chi connectivity index (χ0n) is 11.0. The molecule has 4 nitrogen and oxygen atoms in total. The molecule has 2 unspecified atom stereocenters. The summed E-state index contributed by atoms with van der Waals surface area (Å²) in [7, 11) is 0. The molecule has 0 saturated heterocycles. The molecule has 0 aliphatic carbocycles. The normalized spacial score (nSPS) is 16.2. The van der Waals surface area contributed by atoms with Crippen LogP contribution in [-0.4, -0.2) is 21.9 Å². The number of aryl methyl sites for hydroxylation is 2. The van der Waals surface area contributed by atoms with E-state index in [9.17, 15) is 5.11 Å². The lowest BCUT2D eigenvalue weighted by atomic mass is 9.98. The summed E-state index contributed by atoms with van der Waals surface area (Å²) in [5.41, 5.74) is 1.24. The monoisotopic (exact) mass is 226 g/mol. The molecule has 2 N–H and O–H groups in total. The van der Waals surface area contributed by atoms with Gasteiger partial charge in [-0.15, -0.1) is 0 Å². The third-order valence-corrected chi connectivity index (χ3v) is 3.08. The van der Waals surface area contributed by atoms with E-state index in [-0.39, 0.29) is 12.1 Å². The number of nitrogens with zero attached hydrogens (tertiary/aromatic N) is 1. The molecular formula is C12H22N2O2. The van der Waals surface area contributed by atoms with Crippen molar-refractivity contribution in [2.45, 2.75) is 59.2 Å². The highest BCUT2D eigenvalue weighted by Gasteiger charge is 2.25. The molecule has 92 valence electrons. The van der Waals surface area contributed by atoms with Gasteiger partial charge in [0.1, 0.15) is 5.76 Å². The Balaban J connectivity index is 2.77. The SMILES string of the molecule is Cc1noc(C)c1C(C)NC(C)C(C)(C)O. The highest BCUT2D eigenvalue weighted by atomic mass is 16.5. The minimum atomic E-state index is -0.743. The molecule has 1 heterocycles. The van der Waals surface area contributed by atoms with Crippen LogP contribution in [0.5, 0.6) is 0 Å². The van der Waals surface area contributed by atoms with Gasteiger partial charge in [0.15, 0.2) is 0 Å². The van der Waals surface area contributed by atoms with Gasteiger partial charge in [-0.2, -0.15) is 0 Å². The molecule has 1 aromatic rings. The van der Waals surface area contributed by atoms with E-state index in [4.69, 9.17) is 4.52 Å². The first-order valence-electron chi connectivity index (χ1n) is 5.64. The van der Waals surface area contributed by atoms with E-state index in [0.29, 0.717) is 0 Å². The second-order valence-corrected chi connectivity index (χ2v) is 5.00. The maximum Gasteiger partial charge on any atom is 0.138 e. The third kappa shape index (κ3) is 2.83. The number of aromatic nitrogens is 1. The number of aliphatic hydroxyl groups is 1. The molecule has 1 aromatic heterocycles. The Morgan fingerprint density at radius 1 is 1.31 bits per heavy atom. The lowest BCUT2D eigenvalue weighted by molar-refractivity contribution is 0.0404. The topological polar surface area (TPSA) is 58.3 Å². The van der Waals surface area contributed by atoms with Crippen LogP contribution < -0.4 is 5.32 Å². The summed E-state index contributed by atoms with van der Waals surface area (Å²) in [6, 6.07) is 0.115. The van der Waals surface area contributed by atoms with Crippen molar-refractivity contribution in [2.75, 3.05) is 0 Å². The Hall–Kier alpha value is -0.870. The van der Waals surface area contributed by atoms with Crippen molar-refractivity contribution >= 4 is 0 Å². The van der Waals surface area contributed by atoms with Crippen LogP contribution >= 0.6 is 0 Å². The van der Waals surface area contributed by atoms with Crippen molar-refractivity contribution in [1.29, 1.82) is 0 Å². The molecule has 0 amide bonds. The van der Waals surface area contributed by atoms with Gasteiger partial charge >= 0.3 is 0 Å². The van der Waals surface area contributed by atoms with Crippen molar-refractivity contribution in [2.24, 2.45) is 0 Å². The summed E-state index contributed by atoms with van der Waals surface area (Å²) in [6.45, 7) is 11.4. The van der Waals surface area contributed by atoms with Crippen LogP contribution in [0.1, 0.15) is 50.8 Å². The molecule has 2 atom stereocenters. The molecule has 1 rings (SSSR count). The van der Waals surface area contributed by atoms with Crippen molar-refractivity contribution in [1.82, 2.24) is 10.5 Å². The summed E-state index contributed by atoms with van der Waals surface area (Å²) in [5, 5.41) is 17.2. The van der Waals surface area contributed by atoms with Gasteiger partial charge in [0.2, 0.25) is 0 Å². The van der Waals surface area contributed by atoms with Gasteiger partial charge in [0.25, 0.3) is 0 Å². The zero-order chi connectivity index (χ0) is 12.5. The molecule has 0 aliphatic heterocycles. The van der Waals surface area contributed by atoms with Crippen LogP contribution in [0.4, 0.5) is 0 Å². The maximum absolute atomic E-state index is 9.87. The van der Waals surface area contributed by atoms with Gasteiger partial charge in [-0.05, 0) is 41.5 Å². The highest BCUT2D eigenvalue weighted by Crippen LogP contribution is 2.22. The minimum absolute atomic E-state index is 0.00352. The van der Waals surface area contributed by atoms with Crippen LogP contribution in [0.15, 0.2) is 4.52 Å². The molecule has 4 heteroatoms. The van der Waals surface area contributed by atoms with Crippen LogP contribution in [0.2, 0.25) is 0 Å². The second kappa shape index (κ2) is 4.55. The van der Waals surface area contributed by atoms with Gasteiger partial charge < -0.3 is 14.9 Å². The predicted octanol–water partition coefficient (Wildman–Crippen LogP) is 2.10. The maximum atomic E-state index is 9.87. The molecule has 0 aromatic carbocycles. The molecule has 0 saturated carbocycles. The molecule has 0 spiro atoms. The van der Waals surface area contributed by atoms with Gasteiger partial charge in [0, 0.05) is 17.6 Å². The van der Waals surface area contributed by atoms with E-state index in [0.717, 1.165) is 17.0 Å². The summed E-state index contributed by atoms with van der Waals surface area (Å²) >= 11 is 0. The zero-order valence-corrected chi connectivity index (χ0v) is 11.0. The number of hydrogen-bond acceptors (Lipinski definition) is 4. The largest absolute Gasteiger partial charge is 0.389 e. The Morgan fingerprint density at radius 2 is 1.88 bits per heavy atom. The summed E-state index contributed by atoms with van der Waals surface area (Å²) < 4.78 is 5.13. The van der Waals surface area contributed by atoms with Crippen LogP contribution in [-0.2, 0) is 0 Å². The number of hydrogen-bond donors (Lipinski definition) is 2. The summed E-state index contributed by atoms with van der Waals surface area (Å²) in [5.74, 6) is 0.834. The van der Waals surface area contributed by atoms with Gasteiger partial charge in [-0.3, -0.25) is 0 Å². The van der Waals surface area contributed by atoms with Crippen LogP contribution in [0.3, 0.4) is 0 Å². The van der Waals surface area contributed by atoms with Gasteiger partial charge in [0.05, 0.1) is 11.3 Å². The molecule has 16 heavy (non-hydrogen) atoms. The molecular weight excluding hydrogens is 204 g/mol. The molecule has 0 fully saturated rings. The van der Waals surface area contributed by atoms with Crippen LogP contribution in [0.25, 0.3) is 0 Å². The Bertz CT molecular complexity index is 333. The quantitative estimate of drug-likeness (QED) is 0.825. The Kier molecular flexibility index (Phi) is 3.76. The van der Waals surface area contributed by atoms with E-state index in [1.165, 1.54) is 0 Å². The number of nitrogens with one attached hydrogen (secondary N) is 1. The first-order valence-corrected chi connectivity index (χ1v) is 5.64. The fourth-order valence-electron chi connectivity index (χ4n) is 1.77. The fraction of sp³-hybridized carbons (Fsp3) is 0.750. The Labute approximate surface area is 97.0 Å². The first kappa shape index (κ1) is 13.2. The van der Waals surface area contributed by atoms with E-state index < -0.39 is 5.60 Å². The van der Waals surface area contributed by atoms with E-state index in [1.54, 1.807) is 13.8 Å². The van der Waals surface area contributed by atoms with E-state index >= 15 is 0 Å². The van der Waals surface area contributed by atoms with Gasteiger partial charge in [-0.25, -0.2) is 0 Å². The van der Waals surface area contributed by atoms with Crippen molar-refractivity contribution in [3.05, 3.63) is 17.0 Å². The lowest BCUT2D eigenvalue weighted by Gasteiger charge is -2.29. The first-order chi connectivity index (χ1) is 7.23. The highest BCUT2D eigenvalue weighted by molar-refractivity contribution is 5.24. The van der Waals surface area contributed by atoms with Crippen molar-refractivity contribution in [3.8, 4) is 0 Å². The van der Waals surface area contributed by atoms with E-state index in [1.807, 2.05) is 20.8 Å². The van der Waals surface area contributed by atoms with Crippen LogP contribution in [0, 0.1) is 13.8 Å². The van der Waals surface area contributed by atoms with E-state index in [2.05, 4.69) is 17.4 Å². The molecule has 0 aliphatic rings. The average molecular weight is 226 g/mol. The predicted molar refractivity (Wildman–Crippen MR) is 63.3 cm³/mol. The van der Waals surface area contributed by atoms with Gasteiger partial charge in [-0.1, -0.05) is 5.16 Å². The minimum Gasteiger partial charge on any atom is -0.389 e. The number of rotatable bonds is 4. The molecule has 0 bridgehead atoms. The summed E-state index contributed by atoms with van der Waals surface area (Å²) in [6.07, 6.45) is 0. The van der Waals surface area contributed by atoms with Crippen molar-refractivity contribution in [3.63, 3.8) is 0 Å². The average Bonchev–Trinajstić information content (AvgIpc) is 2.44. The lowest BCUT2D eigenvalue weighted by Crippen LogP contribution is -2.45. The summed E-state index contributed by atoms with van der Waals surface area (Å²) in [4.78, 5) is 0. The molecule has 0 radical (unpaired) electrons. The second-order valence-electron chi connectivity index (χ2n) is 5.00. The Morgan fingerprint density at radius 3 is 2.25 bits per heavy atom. The smallest absolute Gasteiger partial charge is 0.138 e. The fourth-order valence-corrected chi connectivity index (χ4v) is 1.77. The van der Waals surface area contributed by atoms with Crippen molar-refractivity contribution < 1.29 is 9.63 Å².